The summed E-state index contributed by atoms with van der Waals surface area (Å²) in [6, 6.07) is 2.04. The van der Waals surface area contributed by atoms with Crippen molar-refractivity contribution in [3.63, 3.8) is 0 Å². The molecule has 0 N–H and O–H groups in total. The Balaban J connectivity index is 2.99. The van der Waals surface area contributed by atoms with Crippen molar-refractivity contribution >= 4 is 33.5 Å². The van der Waals surface area contributed by atoms with Gasteiger partial charge in [-0.05, 0) is 19.1 Å². The zero-order chi connectivity index (χ0) is 14.4. The van der Waals surface area contributed by atoms with Crippen molar-refractivity contribution < 1.29 is 23.0 Å². The fourth-order valence-electron chi connectivity index (χ4n) is 1.14. The number of esters is 1. The fourth-order valence-corrected chi connectivity index (χ4v) is 1.57. The fraction of sp³-hybridized carbons (Fsp3) is 0.250. The van der Waals surface area contributed by atoms with Crippen LogP contribution in [-0.4, -0.2) is 17.9 Å². The van der Waals surface area contributed by atoms with E-state index in [-0.39, 0.29) is 22.7 Å². The maximum Gasteiger partial charge on any atom is 0.334 e. The molecule has 0 fully saturated rings. The summed E-state index contributed by atoms with van der Waals surface area (Å²) < 4.78 is 36.7. The Kier molecular flexibility index (Phi) is 6.24. The van der Waals surface area contributed by atoms with E-state index in [0.717, 1.165) is 18.2 Å². The van der Waals surface area contributed by atoms with Crippen LogP contribution in [0, 0.1) is 11.6 Å². The van der Waals surface area contributed by atoms with Gasteiger partial charge in [0.05, 0.1) is 23.0 Å². The second-order valence-electron chi connectivity index (χ2n) is 3.27. The topological polar surface area (TPSA) is 35.5 Å². The molecule has 0 bridgehead atoms. The van der Waals surface area contributed by atoms with Gasteiger partial charge in [-0.1, -0.05) is 27.5 Å². The summed E-state index contributed by atoms with van der Waals surface area (Å²) in [5, 5.41) is -0.196. The lowest BCUT2D eigenvalue weighted by Gasteiger charge is -2.10. The third kappa shape index (κ3) is 4.47. The van der Waals surface area contributed by atoms with Crippen LogP contribution >= 0.6 is 27.5 Å². The quantitative estimate of drug-likeness (QED) is 0.265. The molecular weight excluding hydrogens is 345 g/mol. The Morgan fingerprint density at radius 1 is 1.47 bits per heavy atom. The van der Waals surface area contributed by atoms with Gasteiger partial charge in [-0.3, -0.25) is 0 Å². The third-order valence-corrected chi connectivity index (χ3v) is 2.78. The minimum absolute atomic E-state index is 0.00137. The van der Waals surface area contributed by atoms with Crippen molar-refractivity contribution in [2.24, 2.45) is 0 Å². The van der Waals surface area contributed by atoms with Crippen LogP contribution in [0.4, 0.5) is 8.78 Å². The molecule has 7 heteroatoms. The molecule has 0 aliphatic heterocycles. The summed E-state index contributed by atoms with van der Waals surface area (Å²) in [4.78, 5) is 11.2. The van der Waals surface area contributed by atoms with Gasteiger partial charge in [-0.15, -0.1) is 0 Å². The van der Waals surface area contributed by atoms with E-state index in [4.69, 9.17) is 16.3 Å². The molecule has 104 valence electrons. The number of hydrogen-bond donors (Lipinski definition) is 0. The van der Waals surface area contributed by atoms with E-state index in [1.165, 1.54) is 0 Å². The highest BCUT2D eigenvalue weighted by Gasteiger charge is 2.16. The molecule has 1 aromatic carbocycles. The Morgan fingerprint density at radius 2 is 2.16 bits per heavy atom. The normalized spacial score (nSPS) is 11.3. The molecule has 0 unspecified atom stereocenters. The van der Waals surface area contributed by atoms with E-state index in [9.17, 15) is 13.6 Å². The van der Waals surface area contributed by atoms with Gasteiger partial charge in [0.2, 0.25) is 0 Å². The van der Waals surface area contributed by atoms with Crippen LogP contribution in [0.3, 0.4) is 0 Å². The van der Waals surface area contributed by atoms with Gasteiger partial charge in [0.15, 0.2) is 17.4 Å². The maximum atomic E-state index is 13.6. The summed E-state index contributed by atoms with van der Waals surface area (Å²) in [5.74, 6) is -3.28. The van der Waals surface area contributed by atoms with Crippen LogP contribution < -0.4 is 4.74 Å². The van der Waals surface area contributed by atoms with Gasteiger partial charge in [0, 0.05) is 0 Å². The first-order chi connectivity index (χ1) is 8.99. The molecule has 0 aliphatic carbocycles. The van der Waals surface area contributed by atoms with E-state index >= 15 is 0 Å². The minimum atomic E-state index is -1.03. The highest BCUT2D eigenvalue weighted by atomic mass is 79.9. The highest BCUT2D eigenvalue weighted by molar-refractivity contribution is 9.09. The Morgan fingerprint density at radius 3 is 2.74 bits per heavy atom. The minimum Gasteiger partial charge on any atom is -0.463 e. The summed E-state index contributed by atoms with van der Waals surface area (Å²) in [5.41, 5.74) is 0. The average molecular weight is 356 g/mol. The molecule has 0 heterocycles. The van der Waals surface area contributed by atoms with Gasteiger partial charge in [-0.2, -0.15) is 0 Å². The predicted molar refractivity (Wildman–Crippen MR) is 70.5 cm³/mol. The lowest BCUT2D eigenvalue weighted by atomic mass is 10.3. The first-order valence-electron chi connectivity index (χ1n) is 5.24. The molecule has 0 atom stereocenters. The molecule has 0 radical (unpaired) electrons. The number of hydrogen-bond acceptors (Lipinski definition) is 3. The van der Waals surface area contributed by atoms with Gasteiger partial charge < -0.3 is 9.47 Å². The number of alkyl halides is 1. The summed E-state index contributed by atoms with van der Waals surface area (Å²) in [6.07, 6.45) is 0.998. The highest BCUT2D eigenvalue weighted by Crippen LogP contribution is 2.29. The maximum absolute atomic E-state index is 13.6. The molecule has 0 saturated carbocycles. The molecule has 19 heavy (non-hydrogen) atoms. The first-order valence-corrected chi connectivity index (χ1v) is 6.74. The van der Waals surface area contributed by atoms with Crippen molar-refractivity contribution in [3.8, 4) is 5.75 Å². The van der Waals surface area contributed by atoms with Gasteiger partial charge in [-0.25, -0.2) is 13.6 Å². The molecular formula is C12H10BrClF2O3. The van der Waals surface area contributed by atoms with Crippen molar-refractivity contribution in [3.05, 3.63) is 40.6 Å². The van der Waals surface area contributed by atoms with E-state index in [0.29, 0.717) is 0 Å². The van der Waals surface area contributed by atoms with Crippen molar-refractivity contribution in [1.82, 2.24) is 0 Å². The number of halogens is 4. The summed E-state index contributed by atoms with van der Waals surface area (Å²) in [7, 11) is 0. The number of benzene rings is 1. The smallest absolute Gasteiger partial charge is 0.334 e. The molecule has 1 rings (SSSR count). The largest absolute Gasteiger partial charge is 0.463 e. The zero-order valence-corrected chi connectivity index (χ0v) is 12.2. The predicted octanol–water partition coefficient (Wildman–Crippen LogP) is 3.84. The average Bonchev–Trinajstić information content (AvgIpc) is 2.38. The molecule has 0 amide bonds. The van der Waals surface area contributed by atoms with Crippen molar-refractivity contribution in [1.29, 1.82) is 0 Å². The lowest BCUT2D eigenvalue weighted by Crippen LogP contribution is -2.07. The van der Waals surface area contributed by atoms with E-state index < -0.39 is 23.4 Å². The van der Waals surface area contributed by atoms with Crippen LogP contribution in [0.2, 0.25) is 5.02 Å². The standard InChI is InChI=1S/C12H10BrClF2O3/c1-2-18-10(17)5-7(6-13)19-12-9(15)4-3-8(14)11(12)16/h3-5H,2,6H2,1H3/b7-5-. The monoisotopic (exact) mass is 354 g/mol. The molecule has 0 aromatic heterocycles. The van der Waals surface area contributed by atoms with Gasteiger partial charge >= 0.3 is 5.97 Å². The second-order valence-corrected chi connectivity index (χ2v) is 4.24. The number of rotatable bonds is 5. The zero-order valence-electron chi connectivity index (χ0n) is 9.88. The summed E-state index contributed by atoms with van der Waals surface area (Å²) in [6.45, 7) is 1.82. The van der Waals surface area contributed by atoms with E-state index in [1.807, 2.05) is 0 Å². The van der Waals surface area contributed by atoms with E-state index in [1.54, 1.807) is 6.92 Å². The van der Waals surface area contributed by atoms with Crippen LogP contribution in [-0.2, 0) is 9.53 Å². The van der Waals surface area contributed by atoms with Crippen LogP contribution in [0.1, 0.15) is 6.92 Å². The van der Waals surface area contributed by atoms with Crippen LogP contribution in [0.5, 0.6) is 5.75 Å². The van der Waals surface area contributed by atoms with E-state index in [2.05, 4.69) is 20.7 Å². The van der Waals surface area contributed by atoms with Crippen molar-refractivity contribution in [2.45, 2.75) is 6.92 Å². The number of ether oxygens (including phenoxy) is 2. The Bertz CT molecular complexity index is 506. The molecule has 0 spiro atoms. The number of carbonyl (C=O) groups is 1. The van der Waals surface area contributed by atoms with Gasteiger partial charge in [0.1, 0.15) is 5.76 Å². The van der Waals surface area contributed by atoms with Crippen molar-refractivity contribution in [2.75, 3.05) is 11.9 Å². The number of carbonyl (C=O) groups excluding carboxylic acids is 1. The lowest BCUT2D eigenvalue weighted by molar-refractivity contribution is -0.137. The molecule has 1 aromatic rings. The summed E-state index contributed by atoms with van der Waals surface area (Å²) >= 11 is 8.57. The SMILES string of the molecule is CCOC(=O)/C=C(/CBr)Oc1c(F)ccc(Cl)c1F. The van der Waals surface area contributed by atoms with Crippen LogP contribution in [0.15, 0.2) is 24.0 Å². The Labute approximate surface area is 122 Å². The Hall–Kier alpha value is -1.14. The third-order valence-electron chi connectivity index (χ3n) is 1.93. The van der Waals surface area contributed by atoms with Gasteiger partial charge in [0.25, 0.3) is 0 Å². The molecule has 0 aliphatic rings. The second kappa shape index (κ2) is 7.45. The first kappa shape index (κ1) is 15.9. The molecule has 3 nitrogen and oxygen atoms in total. The molecule has 0 saturated heterocycles. The van der Waals surface area contributed by atoms with Crippen LogP contribution in [0.25, 0.3) is 0 Å². The number of allylic oxidation sites excluding steroid dienone is 1.